The summed E-state index contributed by atoms with van der Waals surface area (Å²) < 4.78 is 0. The van der Waals surface area contributed by atoms with E-state index in [1.807, 2.05) is 30.2 Å². The van der Waals surface area contributed by atoms with E-state index in [1.165, 1.54) is 4.90 Å². The number of carbonyl (C=O) groups excluding carboxylic acids is 1. The first kappa shape index (κ1) is 11.7. The van der Waals surface area contributed by atoms with E-state index in [4.69, 9.17) is 0 Å². The van der Waals surface area contributed by atoms with Crippen molar-refractivity contribution in [2.45, 2.75) is 6.10 Å². The van der Waals surface area contributed by atoms with Crippen molar-refractivity contribution in [3.8, 4) is 0 Å². The van der Waals surface area contributed by atoms with E-state index in [2.05, 4.69) is 6.58 Å². The Morgan fingerprint density at radius 2 is 2.29 bits per heavy atom. The summed E-state index contributed by atoms with van der Waals surface area (Å²) in [4.78, 5) is 15.1. The number of hydrogen-bond acceptors (Lipinski definition) is 3. The topological polar surface area (TPSA) is 43.8 Å². The molecule has 0 fully saturated rings. The Balaban J connectivity index is 2.39. The highest BCUT2D eigenvalue weighted by molar-refractivity contribution is 6.03. The molecule has 1 atom stereocenters. The standard InChI is InChI=1S/C13H16N2O2/c1-4-7-14(2)9-5-6-10-11(8-9)15(3)13(17)12(10)16/h4-6,8,12,16H,1,7H2,2-3H3. The SMILES string of the molecule is C=CCN(C)c1ccc2c(c1)N(C)C(=O)C2O. The molecule has 0 aliphatic carbocycles. The van der Waals surface area contributed by atoms with Crippen LogP contribution < -0.4 is 9.80 Å². The number of aliphatic hydroxyl groups is 1. The first-order chi connectivity index (χ1) is 8.06. The summed E-state index contributed by atoms with van der Waals surface area (Å²) in [6.07, 6.45) is 0.797. The minimum atomic E-state index is -1.02. The van der Waals surface area contributed by atoms with Crippen molar-refractivity contribution in [2.24, 2.45) is 0 Å². The van der Waals surface area contributed by atoms with Gasteiger partial charge in [0, 0.05) is 31.9 Å². The van der Waals surface area contributed by atoms with Crippen molar-refractivity contribution in [1.82, 2.24) is 0 Å². The lowest BCUT2D eigenvalue weighted by Gasteiger charge is -2.19. The van der Waals surface area contributed by atoms with Crippen molar-refractivity contribution < 1.29 is 9.90 Å². The van der Waals surface area contributed by atoms with Gasteiger partial charge in [-0.3, -0.25) is 4.79 Å². The van der Waals surface area contributed by atoms with E-state index in [1.54, 1.807) is 13.1 Å². The number of anilines is 2. The van der Waals surface area contributed by atoms with Crippen molar-refractivity contribution in [3.05, 3.63) is 36.4 Å². The maximum absolute atomic E-state index is 11.6. The summed E-state index contributed by atoms with van der Waals surface area (Å²) in [5.74, 6) is -0.275. The summed E-state index contributed by atoms with van der Waals surface area (Å²) in [5, 5.41) is 9.73. The lowest BCUT2D eigenvalue weighted by Crippen LogP contribution is -2.23. The zero-order valence-electron chi connectivity index (χ0n) is 10.1. The van der Waals surface area contributed by atoms with Crippen LogP contribution in [0, 0.1) is 0 Å². The number of amides is 1. The van der Waals surface area contributed by atoms with Gasteiger partial charge in [-0.25, -0.2) is 0 Å². The molecule has 1 N–H and O–H groups in total. The van der Waals surface area contributed by atoms with Crippen LogP contribution in [0.1, 0.15) is 11.7 Å². The van der Waals surface area contributed by atoms with Crippen LogP contribution in [-0.4, -0.2) is 31.7 Å². The fraction of sp³-hybridized carbons (Fsp3) is 0.308. The largest absolute Gasteiger partial charge is 0.378 e. The molecular formula is C13H16N2O2. The lowest BCUT2D eigenvalue weighted by atomic mass is 10.1. The molecule has 0 bridgehead atoms. The van der Waals surface area contributed by atoms with E-state index in [9.17, 15) is 9.90 Å². The molecule has 0 aromatic heterocycles. The molecule has 90 valence electrons. The number of likely N-dealkylation sites (N-methyl/N-ethyl adjacent to an activating group) is 2. The summed E-state index contributed by atoms with van der Waals surface area (Å²) in [7, 11) is 3.63. The van der Waals surface area contributed by atoms with Crippen molar-refractivity contribution in [3.63, 3.8) is 0 Å². The Kier molecular flexibility index (Phi) is 2.90. The Hall–Kier alpha value is -1.81. The van der Waals surface area contributed by atoms with Crippen LogP contribution >= 0.6 is 0 Å². The lowest BCUT2D eigenvalue weighted by molar-refractivity contribution is -0.125. The second-order valence-electron chi connectivity index (χ2n) is 4.21. The van der Waals surface area contributed by atoms with Crippen LogP contribution in [0.2, 0.25) is 0 Å². The van der Waals surface area contributed by atoms with Gasteiger partial charge in [-0.2, -0.15) is 0 Å². The maximum atomic E-state index is 11.6. The average molecular weight is 232 g/mol. The monoisotopic (exact) mass is 232 g/mol. The predicted octanol–water partition coefficient (Wildman–Crippen LogP) is 1.32. The van der Waals surface area contributed by atoms with Crippen LogP contribution in [0.4, 0.5) is 11.4 Å². The summed E-state index contributed by atoms with van der Waals surface area (Å²) in [5.41, 5.74) is 2.45. The van der Waals surface area contributed by atoms with Gasteiger partial charge in [-0.05, 0) is 12.1 Å². The number of rotatable bonds is 3. The van der Waals surface area contributed by atoms with E-state index in [-0.39, 0.29) is 5.91 Å². The highest BCUT2D eigenvalue weighted by Gasteiger charge is 2.33. The van der Waals surface area contributed by atoms with Gasteiger partial charge < -0.3 is 14.9 Å². The minimum Gasteiger partial charge on any atom is -0.378 e. The molecule has 2 rings (SSSR count). The second kappa shape index (κ2) is 4.22. The molecule has 1 aromatic rings. The number of carbonyl (C=O) groups is 1. The van der Waals surface area contributed by atoms with Crippen molar-refractivity contribution in [2.75, 3.05) is 30.4 Å². The van der Waals surface area contributed by atoms with Gasteiger partial charge in [0.25, 0.3) is 5.91 Å². The summed E-state index contributed by atoms with van der Waals surface area (Å²) >= 11 is 0. The van der Waals surface area contributed by atoms with Crippen molar-refractivity contribution in [1.29, 1.82) is 0 Å². The highest BCUT2D eigenvalue weighted by Crippen LogP contribution is 2.37. The van der Waals surface area contributed by atoms with Crippen LogP contribution in [0.5, 0.6) is 0 Å². The van der Waals surface area contributed by atoms with Crippen LogP contribution in [-0.2, 0) is 4.79 Å². The second-order valence-corrected chi connectivity index (χ2v) is 4.21. The normalized spacial score (nSPS) is 18.2. The third-order valence-corrected chi connectivity index (χ3v) is 3.08. The predicted molar refractivity (Wildman–Crippen MR) is 68.3 cm³/mol. The number of hydrogen-bond donors (Lipinski definition) is 1. The van der Waals surface area contributed by atoms with Gasteiger partial charge in [0.15, 0.2) is 6.10 Å². The van der Waals surface area contributed by atoms with Gasteiger partial charge in [-0.1, -0.05) is 12.1 Å². The first-order valence-electron chi connectivity index (χ1n) is 5.48. The Labute approximate surface area is 101 Å². The van der Waals surface area contributed by atoms with E-state index < -0.39 is 6.10 Å². The molecular weight excluding hydrogens is 216 g/mol. The third kappa shape index (κ3) is 1.80. The molecule has 0 saturated carbocycles. The molecule has 4 nitrogen and oxygen atoms in total. The van der Waals surface area contributed by atoms with Gasteiger partial charge in [-0.15, -0.1) is 6.58 Å². The number of fused-ring (bicyclic) bond motifs is 1. The van der Waals surface area contributed by atoms with Gasteiger partial charge in [0.1, 0.15) is 0 Å². The summed E-state index contributed by atoms with van der Waals surface area (Å²) in [6.45, 7) is 4.43. The Bertz CT molecular complexity index is 470. The van der Waals surface area contributed by atoms with Crippen LogP contribution in [0.3, 0.4) is 0 Å². The molecule has 1 unspecified atom stereocenters. The van der Waals surface area contributed by atoms with Crippen molar-refractivity contribution >= 4 is 17.3 Å². The van der Waals surface area contributed by atoms with E-state index in [0.29, 0.717) is 5.56 Å². The number of nitrogens with zero attached hydrogens (tertiary/aromatic N) is 2. The smallest absolute Gasteiger partial charge is 0.260 e. The molecule has 0 spiro atoms. The Morgan fingerprint density at radius 1 is 1.59 bits per heavy atom. The quantitative estimate of drug-likeness (QED) is 0.799. The first-order valence-corrected chi connectivity index (χ1v) is 5.48. The van der Waals surface area contributed by atoms with Gasteiger partial charge in [0.05, 0.1) is 5.69 Å². The molecule has 1 aromatic carbocycles. The average Bonchev–Trinajstić information content (AvgIpc) is 2.55. The Morgan fingerprint density at radius 3 is 2.94 bits per heavy atom. The molecule has 4 heteroatoms. The molecule has 1 aliphatic heterocycles. The molecule has 0 radical (unpaired) electrons. The number of aliphatic hydroxyl groups excluding tert-OH is 1. The minimum absolute atomic E-state index is 0.275. The third-order valence-electron chi connectivity index (χ3n) is 3.08. The maximum Gasteiger partial charge on any atom is 0.260 e. The molecule has 0 saturated heterocycles. The van der Waals surface area contributed by atoms with E-state index in [0.717, 1.165) is 17.9 Å². The van der Waals surface area contributed by atoms with Gasteiger partial charge in [0.2, 0.25) is 0 Å². The van der Waals surface area contributed by atoms with Crippen LogP contribution in [0.25, 0.3) is 0 Å². The van der Waals surface area contributed by atoms with E-state index >= 15 is 0 Å². The highest BCUT2D eigenvalue weighted by atomic mass is 16.3. The zero-order valence-corrected chi connectivity index (χ0v) is 10.1. The zero-order chi connectivity index (χ0) is 12.6. The van der Waals surface area contributed by atoms with Gasteiger partial charge >= 0.3 is 0 Å². The fourth-order valence-corrected chi connectivity index (χ4v) is 2.03. The molecule has 1 heterocycles. The molecule has 1 aliphatic rings. The van der Waals surface area contributed by atoms with Crippen LogP contribution in [0.15, 0.2) is 30.9 Å². The summed E-state index contributed by atoms with van der Waals surface area (Å²) in [6, 6.07) is 5.61. The molecule has 17 heavy (non-hydrogen) atoms. The number of benzene rings is 1. The molecule has 1 amide bonds. The fourth-order valence-electron chi connectivity index (χ4n) is 2.03.